The van der Waals surface area contributed by atoms with Crippen LogP contribution in [0.3, 0.4) is 0 Å². The van der Waals surface area contributed by atoms with E-state index in [2.05, 4.69) is 0 Å². The SMILES string of the molecule is CO[Si](OC)(OC)OC(C)=O.[Li]. The van der Waals surface area contributed by atoms with Gasteiger partial charge in [-0.1, -0.05) is 0 Å². The van der Waals surface area contributed by atoms with Gasteiger partial charge >= 0.3 is 9.05 Å². The molecule has 0 saturated heterocycles. The number of hydrogen-bond acceptors (Lipinski definition) is 5. The van der Waals surface area contributed by atoms with Crippen LogP contribution >= 0.6 is 0 Å². The van der Waals surface area contributed by atoms with E-state index >= 15 is 0 Å². The van der Waals surface area contributed by atoms with E-state index in [0.717, 1.165) is 0 Å². The van der Waals surface area contributed by atoms with E-state index in [9.17, 15) is 4.79 Å². The second-order valence-corrected chi connectivity index (χ2v) is 4.13. The predicted octanol–water partition coefficient (Wildman–Crippen LogP) is -0.457. The van der Waals surface area contributed by atoms with Gasteiger partial charge in [-0.2, -0.15) is 0 Å². The Hall–Kier alpha value is 0.164. The van der Waals surface area contributed by atoms with Crippen LogP contribution < -0.4 is 0 Å². The molecule has 0 aliphatic carbocycles. The first-order valence-electron chi connectivity index (χ1n) is 2.95. The van der Waals surface area contributed by atoms with Gasteiger partial charge in [-0.3, -0.25) is 4.79 Å². The first-order valence-corrected chi connectivity index (χ1v) is 4.58. The fourth-order valence-electron chi connectivity index (χ4n) is 0.551. The molecule has 0 aromatic carbocycles. The van der Waals surface area contributed by atoms with E-state index in [-0.39, 0.29) is 18.9 Å². The van der Waals surface area contributed by atoms with Crippen LogP contribution in [0.25, 0.3) is 0 Å². The van der Waals surface area contributed by atoms with Crippen LogP contribution in [0, 0.1) is 0 Å². The summed E-state index contributed by atoms with van der Waals surface area (Å²) < 4.78 is 19.1. The number of carbonyl (C=O) groups excluding carboxylic acids is 1. The van der Waals surface area contributed by atoms with Gasteiger partial charge in [0.1, 0.15) is 0 Å². The van der Waals surface area contributed by atoms with Crippen LogP contribution in [0.5, 0.6) is 0 Å². The van der Waals surface area contributed by atoms with Gasteiger partial charge in [-0.05, 0) is 0 Å². The van der Waals surface area contributed by atoms with Crippen LogP contribution in [0.15, 0.2) is 0 Å². The second kappa shape index (κ2) is 6.66. The summed E-state index contributed by atoms with van der Waals surface area (Å²) in [6, 6.07) is 0. The Morgan fingerprint density at radius 2 is 1.42 bits per heavy atom. The van der Waals surface area contributed by atoms with Crippen LogP contribution in [-0.4, -0.2) is 55.2 Å². The van der Waals surface area contributed by atoms with Gasteiger partial charge in [0.2, 0.25) is 0 Å². The van der Waals surface area contributed by atoms with Gasteiger partial charge in [0.05, 0.1) is 0 Å². The Morgan fingerprint density at radius 1 is 1.08 bits per heavy atom. The van der Waals surface area contributed by atoms with E-state index in [0.29, 0.717) is 0 Å². The van der Waals surface area contributed by atoms with Gasteiger partial charge < -0.3 is 17.7 Å². The van der Waals surface area contributed by atoms with Crippen LogP contribution in [-0.2, 0) is 22.5 Å². The smallest absolute Gasteiger partial charge is 0.452 e. The number of carbonyl (C=O) groups is 1. The van der Waals surface area contributed by atoms with Crippen molar-refractivity contribution in [3.63, 3.8) is 0 Å². The molecule has 67 valence electrons. The van der Waals surface area contributed by atoms with Gasteiger partial charge in [-0.15, -0.1) is 0 Å². The van der Waals surface area contributed by atoms with Crippen LogP contribution in [0.2, 0.25) is 0 Å². The monoisotopic (exact) mass is 187 g/mol. The summed E-state index contributed by atoms with van der Waals surface area (Å²) in [5.41, 5.74) is 0. The Kier molecular flexibility index (Phi) is 8.14. The maximum Gasteiger partial charge on any atom is 0.750 e. The Balaban J connectivity index is 0. The summed E-state index contributed by atoms with van der Waals surface area (Å²) in [6.07, 6.45) is 0. The van der Waals surface area contributed by atoms with Crippen LogP contribution in [0.4, 0.5) is 0 Å². The zero-order chi connectivity index (χ0) is 8.91. The Bertz CT molecular complexity index is 130. The average Bonchev–Trinajstić information content (AvgIpc) is 2.00. The third-order valence-electron chi connectivity index (χ3n) is 1.02. The Labute approximate surface area is 85.0 Å². The molecule has 0 spiro atoms. The topological polar surface area (TPSA) is 54.0 Å². The maximum atomic E-state index is 10.5. The Morgan fingerprint density at radius 3 is 1.50 bits per heavy atom. The molecule has 1 radical (unpaired) electrons. The summed E-state index contributed by atoms with van der Waals surface area (Å²) in [6.45, 7) is 1.26. The van der Waals surface area contributed by atoms with Crippen molar-refractivity contribution in [3.05, 3.63) is 0 Å². The summed E-state index contributed by atoms with van der Waals surface area (Å²) in [5, 5.41) is 0. The van der Waals surface area contributed by atoms with Gasteiger partial charge in [0.15, 0.2) is 0 Å². The molecule has 0 N–H and O–H groups in total. The first-order chi connectivity index (χ1) is 5.10. The molecule has 0 aromatic rings. The molecule has 7 heteroatoms. The zero-order valence-electron chi connectivity index (χ0n) is 8.04. The van der Waals surface area contributed by atoms with Crippen molar-refractivity contribution in [2.75, 3.05) is 21.3 Å². The van der Waals surface area contributed by atoms with Gasteiger partial charge in [-0.25, -0.2) is 0 Å². The third kappa shape index (κ3) is 4.25. The molecule has 5 nitrogen and oxygen atoms in total. The minimum atomic E-state index is -3.13. The molecule has 12 heavy (non-hydrogen) atoms. The molecule has 0 aliphatic rings. The molecule has 0 aromatic heterocycles. The predicted molar refractivity (Wildman–Crippen MR) is 44.3 cm³/mol. The molecule has 0 atom stereocenters. The van der Waals surface area contributed by atoms with E-state index in [1.165, 1.54) is 28.3 Å². The summed E-state index contributed by atoms with van der Waals surface area (Å²) >= 11 is 0. The van der Waals surface area contributed by atoms with Gasteiger partial charge in [0, 0.05) is 47.1 Å². The largest absolute Gasteiger partial charge is 0.750 e. The van der Waals surface area contributed by atoms with E-state index in [1.54, 1.807) is 0 Å². The fourth-order valence-corrected chi connectivity index (χ4v) is 1.65. The zero-order valence-corrected chi connectivity index (χ0v) is 9.04. The summed E-state index contributed by atoms with van der Waals surface area (Å²) in [5.74, 6) is -0.484. The molecule has 0 saturated carbocycles. The van der Waals surface area contributed by atoms with Crippen molar-refractivity contribution in [2.45, 2.75) is 6.92 Å². The molecule has 0 aliphatic heterocycles. The maximum absolute atomic E-state index is 10.5. The summed E-state index contributed by atoms with van der Waals surface area (Å²) in [7, 11) is 0.960. The molecule has 0 bridgehead atoms. The standard InChI is InChI=1S/C5H12O5Si.Li/c1-5(6)10-11(7-2,8-3)9-4;/h1-4H3;. The number of rotatable bonds is 4. The second-order valence-electron chi connectivity index (χ2n) is 1.71. The van der Waals surface area contributed by atoms with E-state index in [4.69, 9.17) is 17.7 Å². The molecule has 0 heterocycles. The molecule has 0 rings (SSSR count). The van der Waals surface area contributed by atoms with E-state index in [1.807, 2.05) is 0 Å². The van der Waals surface area contributed by atoms with Crippen molar-refractivity contribution < 1.29 is 22.5 Å². The van der Waals surface area contributed by atoms with Crippen molar-refractivity contribution in [1.29, 1.82) is 0 Å². The fraction of sp³-hybridized carbons (Fsp3) is 0.800. The average molecular weight is 187 g/mol. The third-order valence-corrected chi connectivity index (χ3v) is 3.06. The van der Waals surface area contributed by atoms with E-state index < -0.39 is 15.0 Å². The van der Waals surface area contributed by atoms with Crippen molar-refractivity contribution in [1.82, 2.24) is 0 Å². The molecular weight excluding hydrogens is 175 g/mol. The molecule has 0 unspecified atom stereocenters. The van der Waals surface area contributed by atoms with Crippen molar-refractivity contribution in [2.24, 2.45) is 0 Å². The quantitative estimate of drug-likeness (QED) is 0.557. The first kappa shape index (κ1) is 14.7. The van der Waals surface area contributed by atoms with Crippen molar-refractivity contribution >= 4 is 33.9 Å². The normalized spacial score (nSPS) is 10.3. The number of hydrogen-bond donors (Lipinski definition) is 0. The molecular formula is C5H12LiO5Si. The minimum Gasteiger partial charge on any atom is -0.452 e. The van der Waals surface area contributed by atoms with Gasteiger partial charge in [0.25, 0.3) is 5.97 Å². The molecule has 0 amide bonds. The molecule has 0 fully saturated rings. The van der Waals surface area contributed by atoms with Crippen LogP contribution in [0.1, 0.15) is 6.92 Å². The van der Waals surface area contributed by atoms with Crippen molar-refractivity contribution in [3.8, 4) is 0 Å². The minimum absolute atomic E-state index is 0. The summed E-state index contributed by atoms with van der Waals surface area (Å²) in [4.78, 5) is 10.5.